The van der Waals surface area contributed by atoms with Crippen LogP contribution in [-0.2, 0) is 136 Å². The molecule has 0 aromatic heterocycles. The van der Waals surface area contributed by atoms with Gasteiger partial charge in [-0.15, -0.1) is 0 Å². The Bertz CT molecular complexity index is 74.0. The van der Waals surface area contributed by atoms with Crippen molar-refractivity contribution in [1.82, 2.24) is 0 Å². The van der Waals surface area contributed by atoms with Gasteiger partial charge in [0.25, 0.3) is 0 Å². The third kappa shape index (κ3) is 22.6. The smallest absolute Gasteiger partial charge is 0 e. The molecule has 46 valence electrons. The number of hydrogen-bond donors (Lipinski definition) is 0. The van der Waals surface area contributed by atoms with Crippen molar-refractivity contribution in [2.24, 2.45) is 0 Å². The third-order valence-electron chi connectivity index (χ3n) is 0.518. The van der Waals surface area contributed by atoms with Gasteiger partial charge in [0.2, 0.25) is 0 Å². The molecule has 0 fully saturated rings. The summed E-state index contributed by atoms with van der Waals surface area (Å²) in [5.74, 6) is -0.0185. The maximum absolute atomic E-state index is 10.0. The van der Waals surface area contributed by atoms with Crippen LogP contribution in [0.1, 0.15) is 13.3 Å². The van der Waals surface area contributed by atoms with Crippen molar-refractivity contribution >= 4 is 5.78 Å². The van der Waals surface area contributed by atoms with Gasteiger partial charge in [-0.2, -0.15) is 0 Å². The second-order valence-electron chi connectivity index (χ2n) is 0.954. The molecule has 0 atom stereocenters. The maximum atomic E-state index is 10.0. The summed E-state index contributed by atoms with van der Waals surface area (Å²) in [6.07, 6.45) is 2.74. The van der Waals surface area contributed by atoms with Gasteiger partial charge in [-0.3, -0.25) is 6.58 Å². The maximum Gasteiger partial charge on any atom is 0 e. The average Bonchev–Trinajstić information content (AvgIpc) is 1.65. The normalized spacial score (nSPS) is 4.50. The van der Waals surface area contributed by atoms with Crippen molar-refractivity contribution < 1.29 is 136 Å². The van der Waals surface area contributed by atoms with Crippen molar-refractivity contribution in [3.8, 4) is 0 Å². The number of hydrogen-bond acceptors (Lipinski definition) is 1. The van der Waals surface area contributed by atoms with Gasteiger partial charge in [-0.1, -0.05) is 6.92 Å². The molecule has 0 aliphatic carbocycles. The topological polar surface area (TPSA) is 17.1 Å². The SMILES string of the molecule is C=[C-]C(=O)CC.[Y].[Y].[Y].[Y]. The van der Waals surface area contributed by atoms with Gasteiger partial charge in [-0.25, -0.2) is 0 Å². The van der Waals surface area contributed by atoms with Crippen LogP contribution in [0.2, 0.25) is 0 Å². The minimum absolute atomic E-state index is 0. The fourth-order valence-electron chi connectivity index (χ4n) is 0.125. The largest absolute Gasteiger partial charge is 0.435 e. The van der Waals surface area contributed by atoms with Gasteiger partial charge in [-0.05, 0) is 12.2 Å². The molecule has 0 amide bonds. The summed E-state index contributed by atoms with van der Waals surface area (Å²) in [5.41, 5.74) is 0. The van der Waals surface area contributed by atoms with E-state index < -0.39 is 0 Å². The molecule has 0 saturated carbocycles. The molecule has 1 nitrogen and oxygen atoms in total. The molecule has 0 saturated heterocycles. The molecular weight excluding hydrogens is 432 g/mol. The summed E-state index contributed by atoms with van der Waals surface area (Å²) in [6.45, 7) is 4.94. The van der Waals surface area contributed by atoms with E-state index in [0.717, 1.165) is 0 Å². The van der Waals surface area contributed by atoms with Crippen LogP contribution < -0.4 is 0 Å². The standard InChI is InChI=1S/C5H7O.4Y/c1-3-5(6)4-2;;;;/h1,4H2,2H3;;;;/q-1;;;;. The number of carbonyl (C=O) groups excluding carboxylic acids is 1. The summed E-state index contributed by atoms with van der Waals surface area (Å²) in [7, 11) is 0. The van der Waals surface area contributed by atoms with Crippen LogP contribution in [0.5, 0.6) is 0 Å². The molecule has 0 aliphatic heterocycles. The van der Waals surface area contributed by atoms with E-state index in [-0.39, 0.29) is 137 Å². The first-order valence-electron chi connectivity index (χ1n) is 1.87. The van der Waals surface area contributed by atoms with Gasteiger partial charge >= 0.3 is 0 Å². The second-order valence-corrected chi connectivity index (χ2v) is 0.954. The van der Waals surface area contributed by atoms with E-state index in [1.807, 2.05) is 0 Å². The zero-order valence-electron chi connectivity index (χ0n) is 6.13. The van der Waals surface area contributed by atoms with Gasteiger partial charge in [0, 0.05) is 131 Å². The predicted molar refractivity (Wildman–Crippen MR) is 24.2 cm³/mol. The molecule has 0 bridgehead atoms. The molecule has 0 aromatic rings. The Kier molecular flexibility index (Phi) is 67.2. The summed E-state index contributed by atoms with van der Waals surface area (Å²) in [6, 6.07) is 0. The van der Waals surface area contributed by atoms with E-state index >= 15 is 0 Å². The molecule has 0 heterocycles. The van der Waals surface area contributed by atoms with E-state index in [4.69, 9.17) is 0 Å². The van der Waals surface area contributed by atoms with Crippen LogP contribution in [0.15, 0.2) is 6.58 Å². The Morgan fingerprint density at radius 2 is 1.60 bits per heavy atom. The number of carbonyl (C=O) groups is 1. The van der Waals surface area contributed by atoms with E-state index in [1.54, 1.807) is 6.92 Å². The van der Waals surface area contributed by atoms with Gasteiger partial charge in [0.1, 0.15) is 0 Å². The molecular formula is C5H7OY4-. The van der Waals surface area contributed by atoms with E-state index in [1.165, 1.54) is 0 Å². The number of Topliss-reactive ketones (excluding diaryl/α,β-unsaturated/α-hetero) is 1. The molecule has 4 radical (unpaired) electrons. The second kappa shape index (κ2) is 23.0. The van der Waals surface area contributed by atoms with Crippen molar-refractivity contribution in [3.63, 3.8) is 0 Å². The predicted octanol–water partition coefficient (Wildman–Crippen LogP) is 0.945. The Hall–Kier alpha value is 3.83. The molecule has 5 heteroatoms. The summed E-state index contributed by atoms with van der Waals surface area (Å²) >= 11 is 0. The number of ketones is 1. The summed E-state index contributed by atoms with van der Waals surface area (Å²) in [4.78, 5) is 10.0. The fraction of sp³-hybridized carbons (Fsp3) is 0.400. The number of rotatable bonds is 2. The molecule has 0 unspecified atom stereocenters. The average molecular weight is 439 g/mol. The molecule has 0 aromatic carbocycles. The Morgan fingerprint density at radius 3 is 1.60 bits per heavy atom. The minimum atomic E-state index is -0.0185. The van der Waals surface area contributed by atoms with Crippen LogP contribution in [-0.4, -0.2) is 5.78 Å². The van der Waals surface area contributed by atoms with Crippen LogP contribution in [0.25, 0.3) is 0 Å². The first-order valence-corrected chi connectivity index (χ1v) is 1.87. The summed E-state index contributed by atoms with van der Waals surface area (Å²) < 4.78 is 0. The zero-order valence-corrected chi connectivity index (χ0v) is 17.5. The van der Waals surface area contributed by atoms with Gasteiger partial charge in [0.05, 0.1) is 0 Å². The molecule has 0 rings (SSSR count). The quantitative estimate of drug-likeness (QED) is 0.463. The molecule has 0 N–H and O–H groups in total. The fourth-order valence-corrected chi connectivity index (χ4v) is 0.125. The van der Waals surface area contributed by atoms with Crippen LogP contribution >= 0.6 is 0 Å². The van der Waals surface area contributed by atoms with E-state index in [9.17, 15) is 4.79 Å². The molecule has 10 heavy (non-hydrogen) atoms. The van der Waals surface area contributed by atoms with Gasteiger partial charge in [0.15, 0.2) is 0 Å². The Labute approximate surface area is 163 Å². The third-order valence-corrected chi connectivity index (χ3v) is 0.518. The van der Waals surface area contributed by atoms with Crippen LogP contribution in [0, 0.1) is 6.08 Å². The van der Waals surface area contributed by atoms with Crippen LogP contribution in [0.3, 0.4) is 0 Å². The summed E-state index contributed by atoms with van der Waals surface area (Å²) in [5, 5.41) is 0. The number of allylic oxidation sites excluding steroid dienone is 1. The van der Waals surface area contributed by atoms with Gasteiger partial charge < -0.3 is 10.9 Å². The molecule has 0 aliphatic rings. The van der Waals surface area contributed by atoms with E-state index in [2.05, 4.69) is 12.7 Å². The monoisotopic (exact) mass is 439 g/mol. The van der Waals surface area contributed by atoms with Crippen LogP contribution in [0.4, 0.5) is 0 Å². The van der Waals surface area contributed by atoms with Crippen molar-refractivity contribution in [2.45, 2.75) is 13.3 Å². The zero-order chi connectivity index (χ0) is 4.99. The Balaban J connectivity index is -0.0000000208. The van der Waals surface area contributed by atoms with Crippen molar-refractivity contribution in [1.29, 1.82) is 0 Å². The van der Waals surface area contributed by atoms with E-state index in [0.29, 0.717) is 6.42 Å². The van der Waals surface area contributed by atoms with Crippen molar-refractivity contribution in [3.05, 3.63) is 12.7 Å². The first-order chi connectivity index (χ1) is 2.81. The van der Waals surface area contributed by atoms with Crippen molar-refractivity contribution in [2.75, 3.05) is 0 Å². The molecule has 0 spiro atoms. The Morgan fingerprint density at radius 1 is 1.30 bits per heavy atom. The minimum Gasteiger partial charge on any atom is -0.435 e. The first kappa shape index (κ1) is 29.2.